The number of rotatable bonds is 2. The first-order valence-corrected chi connectivity index (χ1v) is 6.37. The summed E-state index contributed by atoms with van der Waals surface area (Å²) in [5.41, 5.74) is 6.29. The molecular weight excluding hydrogens is 268 g/mol. The molecule has 0 unspecified atom stereocenters. The van der Waals surface area contributed by atoms with Gasteiger partial charge < -0.3 is 16.2 Å². The Morgan fingerprint density at radius 1 is 1.29 bits per heavy atom. The van der Waals surface area contributed by atoms with Crippen LogP contribution in [0.25, 0.3) is 10.8 Å². The Labute approximate surface area is 120 Å². The third kappa shape index (κ3) is 2.16. The van der Waals surface area contributed by atoms with Crippen LogP contribution in [-0.2, 0) is 7.05 Å². The molecule has 0 aliphatic carbocycles. The molecule has 0 aliphatic heterocycles. The smallest absolute Gasteiger partial charge is 0.260 e. The van der Waals surface area contributed by atoms with E-state index in [1.54, 1.807) is 25.2 Å². The second-order valence-corrected chi connectivity index (χ2v) is 4.71. The van der Waals surface area contributed by atoms with E-state index in [1.165, 1.54) is 10.9 Å². The van der Waals surface area contributed by atoms with Gasteiger partial charge in [-0.3, -0.25) is 9.48 Å². The van der Waals surface area contributed by atoms with Crippen LogP contribution in [-0.4, -0.2) is 20.8 Å². The average Bonchev–Trinajstić information content (AvgIpc) is 2.79. The predicted molar refractivity (Wildman–Crippen MR) is 81.2 cm³/mol. The highest BCUT2D eigenvalue weighted by atomic mass is 16.3. The van der Waals surface area contributed by atoms with Gasteiger partial charge in [0, 0.05) is 12.4 Å². The van der Waals surface area contributed by atoms with E-state index in [2.05, 4.69) is 10.4 Å². The summed E-state index contributed by atoms with van der Waals surface area (Å²) < 4.78 is 1.46. The number of nitrogens with zero attached hydrogens (tertiary/aromatic N) is 2. The van der Waals surface area contributed by atoms with Crippen molar-refractivity contribution in [2.45, 2.75) is 0 Å². The van der Waals surface area contributed by atoms with Crippen LogP contribution in [0, 0.1) is 0 Å². The van der Waals surface area contributed by atoms with Crippen LogP contribution in [0.3, 0.4) is 0 Å². The molecule has 0 saturated carbocycles. The molecule has 0 bridgehead atoms. The van der Waals surface area contributed by atoms with Crippen molar-refractivity contribution < 1.29 is 9.90 Å². The maximum atomic E-state index is 12.3. The molecule has 1 amide bonds. The highest BCUT2D eigenvalue weighted by Gasteiger charge is 2.16. The second kappa shape index (κ2) is 4.82. The van der Waals surface area contributed by atoms with Gasteiger partial charge in [-0.2, -0.15) is 5.10 Å². The molecular formula is C15H14N4O2. The molecule has 0 saturated heterocycles. The number of aryl methyl sites for hydroxylation is 1. The van der Waals surface area contributed by atoms with Gasteiger partial charge in [0.05, 0.1) is 17.4 Å². The number of nitrogens with one attached hydrogen (secondary N) is 1. The van der Waals surface area contributed by atoms with E-state index in [1.807, 2.05) is 18.2 Å². The van der Waals surface area contributed by atoms with E-state index in [0.29, 0.717) is 16.9 Å². The van der Waals surface area contributed by atoms with E-state index in [0.717, 1.165) is 5.39 Å². The van der Waals surface area contributed by atoms with Crippen LogP contribution < -0.4 is 11.1 Å². The summed E-state index contributed by atoms with van der Waals surface area (Å²) in [5.74, 6) is -0.0903. The molecule has 1 aromatic heterocycles. The van der Waals surface area contributed by atoms with Crippen LogP contribution in [0.4, 0.5) is 11.5 Å². The Bertz CT molecular complexity index is 819. The lowest BCUT2D eigenvalue weighted by Crippen LogP contribution is -2.15. The molecule has 4 N–H and O–H groups in total. The molecule has 0 atom stereocenters. The minimum atomic E-state index is -0.437. The normalized spacial score (nSPS) is 10.7. The summed E-state index contributed by atoms with van der Waals surface area (Å²) in [6, 6.07) is 10.7. The zero-order valence-electron chi connectivity index (χ0n) is 11.4. The quantitative estimate of drug-likeness (QED) is 0.671. The summed E-state index contributed by atoms with van der Waals surface area (Å²) in [7, 11) is 1.67. The molecule has 0 radical (unpaired) electrons. The molecule has 1 heterocycles. The number of amides is 1. The lowest BCUT2D eigenvalue weighted by atomic mass is 10.0. The van der Waals surface area contributed by atoms with Crippen LogP contribution >= 0.6 is 0 Å². The number of benzene rings is 2. The number of aromatic nitrogens is 2. The van der Waals surface area contributed by atoms with Crippen molar-refractivity contribution in [2.24, 2.45) is 7.05 Å². The molecule has 106 valence electrons. The predicted octanol–water partition coefficient (Wildman–Crippen LogP) is 2.11. The summed E-state index contributed by atoms with van der Waals surface area (Å²) in [4.78, 5) is 12.3. The first-order valence-electron chi connectivity index (χ1n) is 6.37. The van der Waals surface area contributed by atoms with Crippen molar-refractivity contribution in [3.8, 4) is 5.75 Å². The maximum absolute atomic E-state index is 12.3. The molecule has 0 fully saturated rings. The molecule has 6 nitrogen and oxygen atoms in total. The van der Waals surface area contributed by atoms with E-state index >= 15 is 0 Å². The fraction of sp³-hybridized carbons (Fsp3) is 0.0667. The number of carbonyl (C=O) groups excluding carboxylic acids is 1. The van der Waals surface area contributed by atoms with E-state index in [-0.39, 0.29) is 11.3 Å². The van der Waals surface area contributed by atoms with Gasteiger partial charge in [-0.05, 0) is 11.5 Å². The lowest BCUT2D eigenvalue weighted by Gasteiger charge is -2.09. The first-order chi connectivity index (χ1) is 10.1. The van der Waals surface area contributed by atoms with E-state index in [4.69, 9.17) is 5.73 Å². The van der Waals surface area contributed by atoms with E-state index in [9.17, 15) is 9.90 Å². The highest BCUT2D eigenvalue weighted by Crippen LogP contribution is 2.29. The van der Waals surface area contributed by atoms with Crippen molar-refractivity contribution in [2.75, 3.05) is 11.1 Å². The Balaban J connectivity index is 2.00. The average molecular weight is 282 g/mol. The fourth-order valence-corrected chi connectivity index (χ4v) is 2.22. The zero-order valence-corrected chi connectivity index (χ0v) is 11.4. The number of nitrogen functional groups attached to an aromatic ring is 1. The SMILES string of the molecule is Cn1ncc(N)c1NC(=O)c1ccc2ccccc2c1O. The van der Waals surface area contributed by atoms with Crippen LogP contribution in [0.2, 0.25) is 0 Å². The summed E-state index contributed by atoms with van der Waals surface area (Å²) in [5, 5.41) is 18.4. The van der Waals surface area contributed by atoms with Gasteiger partial charge in [0.2, 0.25) is 0 Å². The van der Waals surface area contributed by atoms with Crippen molar-refractivity contribution in [3.05, 3.63) is 48.2 Å². The Morgan fingerprint density at radius 2 is 2.05 bits per heavy atom. The number of phenols is 1. The third-order valence-electron chi connectivity index (χ3n) is 3.34. The molecule has 3 rings (SSSR count). The zero-order chi connectivity index (χ0) is 15.0. The van der Waals surface area contributed by atoms with Gasteiger partial charge in [0.15, 0.2) is 5.82 Å². The third-order valence-corrected chi connectivity index (χ3v) is 3.34. The number of hydrogen-bond acceptors (Lipinski definition) is 4. The molecule has 0 spiro atoms. The van der Waals surface area contributed by atoms with Crippen molar-refractivity contribution in [1.29, 1.82) is 0 Å². The summed E-state index contributed by atoms with van der Waals surface area (Å²) in [6.07, 6.45) is 1.45. The van der Waals surface area contributed by atoms with Gasteiger partial charge >= 0.3 is 0 Å². The van der Waals surface area contributed by atoms with Crippen LogP contribution in [0.5, 0.6) is 5.75 Å². The van der Waals surface area contributed by atoms with Gasteiger partial charge in [-0.15, -0.1) is 0 Å². The van der Waals surface area contributed by atoms with Crippen molar-refractivity contribution in [3.63, 3.8) is 0 Å². The Morgan fingerprint density at radius 3 is 2.76 bits per heavy atom. The summed E-state index contributed by atoms with van der Waals surface area (Å²) in [6.45, 7) is 0. The Kier molecular flexibility index (Phi) is 2.98. The molecule has 0 aliphatic rings. The number of phenolic OH excluding ortho intramolecular Hbond substituents is 1. The van der Waals surface area contributed by atoms with Gasteiger partial charge in [-0.1, -0.05) is 30.3 Å². The largest absolute Gasteiger partial charge is 0.506 e. The molecule has 3 aromatic rings. The minimum Gasteiger partial charge on any atom is -0.506 e. The van der Waals surface area contributed by atoms with E-state index < -0.39 is 5.91 Å². The van der Waals surface area contributed by atoms with Crippen LogP contribution in [0.1, 0.15) is 10.4 Å². The topological polar surface area (TPSA) is 93.2 Å². The van der Waals surface area contributed by atoms with Crippen molar-refractivity contribution in [1.82, 2.24) is 9.78 Å². The molecule has 21 heavy (non-hydrogen) atoms. The van der Waals surface area contributed by atoms with Crippen LogP contribution in [0.15, 0.2) is 42.6 Å². The number of hydrogen-bond donors (Lipinski definition) is 3. The monoisotopic (exact) mass is 282 g/mol. The lowest BCUT2D eigenvalue weighted by molar-refractivity contribution is 0.102. The standard InChI is InChI=1S/C15H14N4O2/c1-19-14(12(16)8-17-19)18-15(21)11-7-6-9-4-2-3-5-10(9)13(11)20/h2-8,20H,16H2,1H3,(H,18,21). The second-order valence-electron chi connectivity index (χ2n) is 4.71. The van der Waals surface area contributed by atoms with Crippen molar-refractivity contribution >= 4 is 28.2 Å². The number of fused-ring (bicyclic) bond motifs is 1. The molecule has 6 heteroatoms. The number of aromatic hydroxyl groups is 1. The summed E-state index contributed by atoms with van der Waals surface area (Å²) >= 11 is 0. The minimum absolute atomic E-state index is 0.0497. The number of anilines is 2. The maximum Gasteiger partial charge on any atom is 0.260 e. The Hall–Kier alpha value is -3.02. The fourth-order valence-electron chi connectivity index (χ4n) is 2.22. The van der Waals surface area contributed by atoms with Gasteiger partial charge in [-0.25, -0.2) is 0 Å². The first kappa shape index (κ1) is 13.0. The molecule has 2 aromatic carbocycles. The highest BCUT2D eigenvalue weighted by molar-refractivity contribution is 6.10. The van der Waals surface area contributed by atoms with Gasteiger partial charge in [0.25, 0.3) is 5.91 Å². The number of carbonyl (C=O) groups is 1. The van der Waals surface area contributed by atoms with Gasteiger partial charge in [0.1, 0.15) is 5.75 Å². The number of nitrogens with two attached hydrogens (primary N) is 1.